The van der Waals surface area contributed by atoms with E-state index < -0.39 is 11.8 Å². The fourth-order valence-electron chi connectivity index (χ4n) is 5.12. The van der Waals surface area contributed by atoms with Crippen molar-refractivity contribution in [1.29, 1.82) is 5.26 Å². The topological polar surface area (TPSA) is 143 Å². The fourth-order valence-corrected chi connectivity index (χ4v) is 5.12. The van der Waals surface area contributed by atoms with Crippen molar-refractivity contribution in [1.82, 2.24) is 38.8 Å². The van der Waals surface area contributed by atoms with Gasteiger partial charge in [0.15, 0.2) is 11.3 Å². The Kier molecular flexibility index (Phi) is 7.71. The van der Waals surface area contributed by atoms with Crippen molar-refractivity contribution in [2.45, 2.75) is 33.2 Å². The van der Waals surface area contributed by atoms with E-state index in [-0.39, 0.29) is 17.9 Å². The highest BCUT2D eigenvalue weighted by molar-refractivity contribution is 5.86. The third-order valence-corrected chi connectivity index (χ3v) is 7.48. The molecular weight excluding hydrogens is 555 g/mol. The first kappa shape index (κ1) is 27.9. The highest BCUT2D eigenvalue weighted by Gasteiger charge is 2.23. The summed E-state index contributed by atoms with van der Waals surface area (Å²) in [7, 11) is 0. The molecule has 0 bridgehead atoms. The molecule has 5 aromatic rings. The summed E-state index contributed by atoms with van der Waals surface area (Å²) in [5, 5.41) is 27.2. The van der Waals surface area contributed by atoms with Gasteiger partial charge >= 0.3 is 5.97 Å². The summed E-state index contributed by atoms with van der Waals surface area (Å²) in [4.78, 5) is 24.9. The van der Waals surface area contributed by atoms with Crippen LogP contribution in [0.3, 0.4) is 0 Å². The molecule has 1 fully saturated rings. The summed E-state index contributed by atoms with van der Waals surface area (Å²) in [6.07, 6.45) is 3.59. The van der Waals surface area contributed by atoms with Gasteiger partial charge in [-0.1, -0.05) is 12.1 Å². The van der Waals surface area contributed by atoms with Crippen LogP contribution in [-0.2, 0) is 26.2 Å². The summed E-state index contributed by atoms with van der Waals surface area (Å²) in [5.74, 6) is 0.351. The van der Waals surface area contributed by atoms with Crippen molar-refractivity contribution in [2.75, 3.05) is 31.1 Å². The fraction of sp³-hybridized carbons (Fsp3) is 0.310. The second-order valence-electron chi connectivity index (χ2n) is 10.2. The first-order valence-corrected chi connectivity index (χ1v) is 13.8. The molecule has 1 aromatic carbocycles. The smallest absolute Gasteiger partial charge is 0.356 e. The number of hydrogen-bond acceptors (Lipinski definition) is 9. The quantitative estimate of drug-likeness (QED) is 0.260. The Hall–Kier alpha value is -5.29. The van der Waals surface area contributed by atoms with E-state index in [9.17, 15) is 14.3 Å². The molecule has 0 saturated carbocycles. The Bertz CT molecular complexity index is 1810. The molecular formula is C29H29FN10O3. The van der Waals surface area contributed by atoms with Crippen molar-refractivity contribution in [3.63, 3.8) is 0 Å². The Morgan fingerprint density at radius 1 is 1.12 bits per heavy atom. The lowest BCUT2D eigenvalue weighted by Gasteiger charge is -2.35. The molecule has 1 saturated heterocycles. The molecule has 0 amide bonds. The molecule has 14 heteroatoms. The zero-order chi connectivity index (χ0) is 29.9. The number of aryl methyl sites for hydroxylation is 1. The lowest BCUT2D eigenvalue weighted by Crippen LogP contribution is -2.46. The number of carboxylic acid groups (broad SMARTS) is 1. The van der Waals surface area contributed by atoms with E-state index in [4.69, 9.17) is 10.00 Å². The van der Waals surface area contributed by atoms with E-state index in [1.807, 2.05) is 40.5 Å². The Morgan fingerprint density at radius 2 is 1.95 bits per heavy atom. The second kappa shape index (κ2) is 11.9. The van der Waals surface area contributed by atoms with E-state index >= 15 is 0 Å². The number of carboxylic acids is 1. The van der Waals surface area contributed by atoms with Crippen LogP contribution < -0.4 is 9.64 Å². The maximum Gasteiger partial charge on any atom is 0.356 e. The van der Waals surface area contributed by atoms with E-state index in [0.29, 0.717) is 30.2 Å². The number of anilines is 1. The molecule has 6 rings (SSSR count). The standard InChI is InChI=1S/C29H29FN10O3/c1-2-37-19-32-15-22(37)16-39-26(35-40-28(39)13-24(34-40)29(41)42)17-36-8-10-38(11-9-36)25-4-3-5-27(33-25)43-18-21-7-6-20(14-31)12-23(21)30/h3-7,12-13,15,19H,2,8-11,16-18H2,1H3,(H,41,42). The maximum absolute atomic E-state index is 14.2. The van der Waals surface area contributed by atoms with Crippen LogP contribution in [0.15, 0.2) is 55.0 Å². The van der Waals surface area contributed by atoms with Gasteiger partial charge in [-0.2, -0.15) is 10.2 Å². The number of piperazine rings is 1. The van der Waals surface area contributed by atoms with Crippen LogP contribution >= 0.6 is 0 Å². The summed E-state index contributed by atoms with van der Waals surface area (Å²) in [6, 6.07) is 13.3. The Morgan fingerprint density at radius 3 is 2.70 bits per heavy atom. The molecule has 1 N–H and O–H groups in total. The number of halogens is 1. The minimum atomic E-state index is -1.10. The van der Waals surface area contributed by atoms with Crippen LogP contribution in [0.5, 0.6) is 5.88 Å². The number of benzene rings is 1. The number of nitrogens with zero attached hydrogens (tertiary/aromatic N) is 10. The zero-order valence-corrected chi connectivity index (χ0v) is 23.5. The normalized spacial score (nSPS) is 13.8. The van der Waals surface area contributed by atoms with Gasteiger partial charge in [-0.05, 0) is 25.1 Å². The number of aromatic carboxylic acids is 1. The van der Waals surface area contributed by atoms with Gasteiger partial charge < -0.3 is 23.9 Å². The number of hydrogen-bond donors (Lipinski definition) is 1. The minimum absolute atomic E-state index is 0.00485. The van der Waals surface area contributed by atoms with Crippen LogP contribution in [-0.4, -0.2) is 76.1 Å². The third-order valence-electron chi connectivity index (χ3n) is 7.48. The number of carbonyl (C=O) groups is 1. The lowest BCUT2D eigenvalue weighted by atomic mass is 10.1. The zero-order valence-electron chi connectivity index (χ0n) is 23.5. The van der Waals surface area contributed by atoms with Crippen molar-refractivity contribution < 1.29 is 19.0 Å². The van der Waals surface area contributed by atoms with Crippen LogP contribution in [0.4, 0.5) is 10.2 Å². The van der Waals surface area contributed by atoms with Gasteiger partial charge in [-0.3, -0.25) is 4.90 Å². The average molecular weight is 585 g/mol. The number of fused-ring (bicyclic) bond motifs is 1. The van der Waals surface area contributed by atoms with E-state index in [0.717, 1.165) is 50.1 Å². The molecule has 0 unspecified atom stereocenters. The summed E-state index contributed by atoms with van der Waals surface area (Å²) in [5.41, 5.74) is 2.15. The van der Waals surface area contributed by atoms with Gasteiger partial charge in [0.05, 0.1) is 36.7 Å². The summed E-state index contributed by atoms with van der Waals surface area (Å²) >= 11 is 0. The first-order valence-electron chi connectivity index (χ1n) is 13.8. The van der Waals surface area contributed by atoms with Crippen molar-refractivity contribution in [3.05, 3.63) is 89.1 Å². The molecule has 0 radical (unpaired) electrons. The maximum atomic E-state index is 14.2. The highest BCUT2D eigenvalue weighted by Crippen LogP contribution is 2.21. The monoisotopic (exact) mass is 584 g/mol. The van der Waals surface area contributed by atoms with Crippen molar-refractivity contribution in [2.24, 2.45) is 0 Å². The number of nitriles is 1. The third kappa shape index (κ3) is 5.88. The Balaban J connectivity index is 1.12. The van der Waals surface area contributed by atoms with E-state index in [2.05, 4.69) is 30.0 Å². The highest BCUT2D eigenvalue weighted by atomic mass is 19.1. The number of pyridine rings is 1. The SMILES string of the molecule is CCn1cncc1Cn1c(CN2CCN(c3cccc(OCc4ccc(C#N)cc4F)n3)CC2)nn2nc(C(=O)O)cc12. The largest absolute Gasteiger partial charge is 0.476 e. The molecule has 0 aliphatic carbocycles. The number of aromatic nitrogens is 7. The van der Waals surface area contributed by atoms with E-state index in [1.165, 1.54) is 10.7 Å². The molecule has 4 aromatic heterocycles. The molecule has 43 heavy (non-hydrogen) atoms. The number of ether oxygens (including phenoxy) is 1. The van der Waals surface area contributed by atoms with Gasteiger partial charge in [-0.15, -0.1) is 14.8 Å². The van der Waals surface area contributed by atoms with Gasteiger partial charge in [0.2, 0.25) is 5.88 Å². The van der Waals surface area contributed by atoms with Gasteiger partial charge in [0.25, 0.3) is 0 Å². The molecule has 0 spiro atoms. The first-order chi connectivity index (χ1) is 20.9. The molecule has 0 atom stereocenters. The summed E-state index contributed by atoms with van der Waals surface area (Å²) < 4.78 is 25.4. The average Bonchev–Trinajstić information content (AvgIpc) is 3.73. The number of rotatable bonds is 10. The molecule has 13 nitrogen and oxygen atoms in total. The Labute approximate surface area is 246 Å². The van der Waals surface area contributed by atoms with Crippen LogP contribution in [0.1, 0.15) is 40.1 Å². The lowest BCUT2D eigenvalue weighted by molar-refractivity contribution is 0.0689. The minimum Gasteiger partial charge on any atom is -0.476 e. The molecule has 220 valence electrons. The van der Waals surface area contributed by atoms with Crippen LogP contribution in [0, 0.1) is 17.1 Å². The van der Waals surface area contributed by atoms with E-state index in [1.54, 1.807) is 30.6 Å². The van der Waals surface area contributed by atoms with Gasteiger partial charge in [-0.25, -0.2) is 14.2 Å². The van der Waals surface area contributed by atoms with Crippen LogP contribution in [0.25, 0.3) is 5.65 Å². The van der Waals surface area contributed by atoms with Crippen LogP contribution in [0.2, 0.25) is 0 Å². The molecule has 1 aliphatic heterocycles. The van der Waals surface area contributed by atoms with Gasteiger partial charge in [0, 0.05) is 56.6 Å². The summed E-state index contributed by atoms with van der Waals surface area (Å²) in [6.45, 7) is 6.83. The predicted molar refractivity (Wildman–Crippen MR) is 152 cm³/mol. The second-order valence-corrected chi connectivity index (χ2v) is 10.2. The molecule has 1 aliphatic rings. The predicted octanol–water partition coefficient (Wildman–Crippen LogP) is 2.80. The number of imidazole rings is 1. The molecule has 5 heterocycles. The van der Waals surface area contributed by atoms with Crippen molar-refractivity contribution >= 4 is 17.4 Å². The van der Waals surface area contributed by atoms with Crippen molar-refractivity contribution in [3.8, 4) is 11.9 Å². The van der Waals surface area contributed by atoms with Gasteiger partial charge in [0.1, 0.15) is 24.1 Å².